The topological polar surface area (TPSA) is 24.1 Å². The zero-order valence-electron chi connectivity index (χ0n) is 8.46. The Morgan fingerprint density at radius 2 is 2.20 bits per heavy atom. The van der Waals surface area contributed by atoms with E-state index in [0.29, 0.717) is 5.11 Å². The van der Waals surface area contributed by atoms with Gasteiger partial charge in [-0.3, -0.25) is 0 Å². The molecular weight excluding hydrogens is 319 g/mol. The third-order valence-electron chi connectivity index (χ3n) is 1.83. The number of nitrogens with one attached hydrogen (secondary N) is 2. The van der Waals surface area contributed by atoms with Crippen molar-refractivity contribution in [1.82, 2.24) is 5.32 Å². The summed E-state index contributed by atoms with van der Waals surface area (Å²) in [6, 6.07) is 8.17. The molecule has 0 heterocycles. The Balaban J connectivity index is 2.59. The van der Waals surface area contributed by atoms with Crippen LogP contribution >= 0.6 is 34.8 Å². The van der Waals surface area contributed by atoms with E-state index in [1.165, 1.54) is 0 Å². The highest BCUT2D eigenvalue weighted by Gasteiger charge is 2.02. The van der Waals surface area contributed by atoms with E-state index in [1.54, 1.807) is 0 Å². The van der Waals surface area contributed by atoms with Gasteiger partial charge in [-0.15, -0.1) is 6.58 Å². The molecule has 0 aliphatic rings. The Morgan fingerprint density at radius 3 is 2.80 bits per heavy atom. The number of hydrogen-bond acceptors (Lipinski definition) is 1. The first kappa shape index (κ1) is 12.4. The lowest BCUT2D eigenvalue weighted by molar-refractivity contribution is 0.815. The summed E-state index contributed by atoms with van der Waals surface area (Å²) < 4.78 is 1.14. The molecule has 1 aromatic carbocycles. The summed E-state index contributed by atoms with van der Waals surface area (Å²) in [6.07, 6.45) is 1.81. The lowest BCUT2D eigenvalue weighted by atomic mass is 10.3. The summed E-state index contributed by atoms with van der Waals surface area (Å²) in [5.41, 5.74) is 1.02. The number of thiocarbonyl (C=S) groups is 1. The molecule has 0 aromatic heterocycles. The SMILES string of the molecule is C=CC(C)NC(=S)Nc1ccccc1I. The van der Waals surface area contributed by atoms with Crippen LogP contribution in [0.3, 0.4) is 0 Å². The van der Waals surface area contributed by atoms with E-state index in [2.05, 4.69) is 39.8 Å². The molecule has 0 bridgehead atoms. The highest BCUT2D eigenvalue weighted by atomic mass is 127. The monoisotopic (exact) mass is 332 g/mol. The Kier molecular flexibility index (Phi) is 5.04. The summed E-state index contributed by atoms with van der Waals surface area (Å²) in [5.74, 6) is 0. The molecule has 80 valence electrons. The quantitative estimate of drug-likeness (QED) is 0.505. The molecule has 0 saturated carbocycles. The Hall–Kier alpha value is -0.620. The number of halogens is 1. The zero-order valence-corrected chi connectivity index (χ0v) is 11.4. The summed E-state index contributed by atoms with van der Waals surface area (Å²) >= 11 is 7.43. The van der Waals surface area contributed by atoms with Gasteiger partial charge in [0.2, 0.25) is 0 Å². The first-order valence-corrected chi connectivity index (χ1v) is 6.07. The van der Waals surface area contributed by atoms with E-state index in [1.807, 2.05) is 37.3 Å². The van der Waals surface area contributed by atoms with Crippen LogP contribution in [-0.4, -0.2) is 11.2 Å². The van der Waals surface area contributed by atoms with Crippen molar-refractivity contribution in [3.8, 4) is 0 Å². The Labute approximate surface area is 109 Å². The first-order valence-electron chi connectivity index (χ1n) is 4.58. The molecule has 2 nitrogen and oxygen atoms in total. The van der Waals surface area contributed by atoms with Gasteiger partial charge in [0.25, 0.3) is 0 Å². The van der Waals surface area contributed by atoms with Crippen molar-refractivity contribution in [1.29, 1.82) is 0 Å². The summed E-state index contributed by atoms with van der Waals surface area (Å²) in [7, 11) is 0. The smallest absolute Gasteiger partial charge is 0.171 e. The summed E-state index contributed by atoms with van der Waals surface area (Å²) in [6.45, 7) is 5.68. The van der Waals surface area contributed by atoms with Crippen molar-refractivity contribution in [2.24, 2.45) is 0 Å². The zero-order chi connectivity index (χ0) is 11.3. The fourth-order valence-corrected chi connectivity index (χ4v) is 1.80. The average Bonchev–Trinajstić information content (AvgIpc) is 2.21. The number of rotatable bonds is 3. The Morgan fingerprint density at radius 1 is 1.53 bits per heavy atom. The maximum absolute atomic E-state index is 5.16. The van der Waals surface area contributed by atoms with Gasteiger partial charge in [-0.2, -0.15) is 0 Å². The third kappa shape index (κ3) is 4.17. The van der Waals surface area contributed by atoms with Crippen molar-refractivity contribution in [2.45, 2.75) is 13.0 Å². The molecule has 0 saturated heterocycles. The van der Waals surface area contributed by atoms with Gasteiger partial charge in [-0.25, -0.2) is 0 Å². The first-order chi connectivity index (χ1) is 7.13. The number of anilines is 1. The van der Waals surface area contributed by atoms with E-state index >= 15 is 0 Å². The second-order valence-corrected chi connectivity index (χ2v) is 4.67. The van der Waals surface area contributed by atoms with E-state index < -0.39 is 0 Å². The Bertz CT molecular complexity index is 365. The van der Waals surface area contributed by atoms with E-state index in [0.717, 1.165) is 9.26 Å². The van der Waals surface area contributed by atoms with Gasteiger partial charge in [0, 0.05) is 9.61 Å². The minimum absolute atomic E-state index is 0.173. The summed E-state index contributed by atoms with van der Waals surface area (Å²) in [4.78, 5) is 0. The van der Waals surface area contributed by atoms with E-state index in [-0.39, 0.29) is 6.04 Å². The van der Waals surface area contributed by atoms with Crippen LogP contribution in [0.1, 0.15) is 6.92 Å². The van der Waals surface area contributed by atoms with Gasteiger partial charge in [-0.05, 0) is 53.9 Å². The van der Waals surface area contributed by atoms with Crippen molar-refractivity contribution in [3.63, 3.8) is 0 Å². The molecule has 15 heavy (non-hydrogen) atoms. The number of hydrogen-bond donors (Lipinski definition) is 2. The van der Waals surface area contributed by atoms with Gasteiger partial charge in [0.05, 0.1) is 5.69 Å². The fourth-order valence-electron chi connectivity index (χ4n) is 0.987. The molecule has 1 unspecified atom stereocenters. The largest absolute Gasteiger partial charge is 0.357 e. The molecule has 1 atom stereocenters. The minimum Gasteiger partial charge on any atom is -0.357 e. The molecule has 0 amide bonds. The molecule has 1 aromatic rings. The lowest BCUT2D eigenvalue weighted by Gasteiger charge is -2.14. The number of benzene rings is 1. The maximum atomic E-state index is 5.16. The summed E-state index contributed by atoms with van der Waals surface area (Å²) in [5, 5.41) is 6.86. The second-order valence-electron chi connectivity index (χ2n) is 3.10. The van der Waals surface area contributed by atoms with Crippen LogP contribution in [-0.2, 0) is 0 Å². The normalized spacial score (nSPS) is 11.6. The fraction of sp³-hybridized carbons (Fsp3) is 0.182. The number of para-hydroxylation sites is 1. The standard InChI is InChI=1S/C11H13IN2S/c1-3-8(2)13-11(15)14-10-7-5-4-6-9(10)12/h3-8H,1H2,2H3,(H2,13,14,15). The molecule has 0 radical (unpaired) electrons. The van der Waals surface area contributed by atoms with Crippen molar-refractivity contribution < 1.29 is 0 Å². The van der Waals surface area contributed by atoms with Crippen LogP contribution in [0.5, 0.6) is 0 Å². The van der Waals surface area contributed by atoms with Crippen LogP contribution in [0.25, 0.3) is 0 Å². The molecule has 0 fully saturated rings. The molecule has 0 aliphatic heterocycles. The van der Waals surface area contributed by atoms with Crippen LogP contribution < -0.4 is 10.6 Å². The molecule has 0 spiro atoms. The van der Waals surface area contributed by atoms with Crippen LogP contribution in [0.15, 0.2) is 36.9 Å². The second kappa shape index (κ2) is 6.07. The predicted molar refractivity (Wildman–Crippen MR) is 78.2 cm³/mol. The van der Waals surface area contributed by atoms with Gasteiger partial charge in [0.1, 0.15) is 0 Å². The van der Waals surface area contributed by atoms with Crippen LogP contribution in [0.4, 0.5) is 5.69 Å². The lowest BCUT2D eigenvalue weighted by Crippen LogP contribution is -2.34. The van der Waals surface area contributed by atoms with Crippen LogP contribution in [0, 0.1) is 3.57 Å². The molecule has 1 rings (SSSR count). The van der Waals surface area contributed by atoms with Gasteiger partial charge < -0.3 is 10.6 Å². The van der Waals surface area contributed by atoms with E-state index in [4.69, 9.17) is 12.2 Å². The molecular formula is C11H13IN2S. The van der Waals surface area contributed by atoms with Crippen LogP contribution in [0.2, 0.25) is 0 Å². The van der Waals surface area contributed by atoms with Gasteiger partial charge in [-0.1, -0.05) is 18.2 Å². The highest BCUT2D eigenvalue weighted by Crippen LogP contribution is 2.16. The minimum atomic E-state index is 0.173. The average molecular weight is 332 g/mol. The van der Waals surface area contributed by atoms with Crippen molar-refractivity contribution in [2.75, 3.05) is 5.32 Å². The maximum Gasteiger partial charge on any atom is 0.171 e. The highest BCUT2D eigenvalue weighted by molar-refractivity contribution is 14.1. The van der Waals surface area contributed by atoms with Crippen molar-refractivity contribution >= 4 is 45.6 Å². The molecule has 0 aliphatic carbocycles. The third-order valence-corrected chi connectivity index (χ3v) is 2.99. The van der Waals surface area contributed by atoms with Crippen molar-refractivity contribution in [3.05, 3.63) is 40.5 Å². The molecule has 2 N–H and O–H groups in total. The predicted octanol–water partition coefficient (Wildman–Crippen LogP) is 3.15. The van der Waals surface area contributed by atoms with Gasteiger partial charge in [0.15, 0.2) is 5.11 Å². The van der Waals surface area contributed by atoms with Gasteiger partial charge >= 0.3 is 0 Å². The van der Waals surface area contributed by atoms with E-state index in [9.17, 15) is 0 Å². The molecule has 4 heteroatoms.